The monoisotopic (exact) mass is 357 g/mol. The van der Waals surface area contributed by atoms with Crippen molar-refractivity contribution in [1.29, 1.82) is 5.26 Å². The van der Waals surface area contributed by atoms with Crippen LogP contribution in [0.1, 0.15) is 11.1 Å². The van der Waals surface area contributed by atoms with Crippen LogP contribution in [0.15, 0.2) is 72.0 Å². The van der Waals surface area contributed by atoms with Gasteiger partial charge in [-0.1, -0.05) is 30.3 Å². The summed E-state index contributed by atoms with van der Waals surface area (Å²) < 4.78 is 1.94. The Morgan fingerprint density at radius 3 is 2.58 bits per heavy atom. The first-order chi connectivity index (χ1) is 12.8. The van der Waals surface area contributed by atoms with Gasteiger partial charge in [-0.2, -0.15) is 5.26 Å². The third-order valence-electron chi connectivity index (χ3n) is 4.04. The Morgan fingerprint density at radius 1 is 1.00 bits per heavy atom. The van der Waals surface area contributed by atoms with Crippen LogP contribution in [0.3, 0.4) is 0 Å². The van der Waals surface area contributed by atoms with Crippen LogP contribution < -0.4 is 0 Å². The number of rotatable bonds is 5. The topological polar surface area (TPSA) is 66.9 Å². The summed E-state index contributed by atoms with van der Waals surface area (Å²) in [6.45, 7) is 0. The van der Waals surface area contributed by atoms with E-state index in [0.29, 0.717) is 5.56 Å². The van der Waals surface area contributed by atoms with E-state index in [1.165, 1.54) is 5.56 Å². The van der Waals surface area contributed by atoms with Gasteiger partial charge in [0.2, 0.25) is 0 Å². The molecule has 0 unspecified atom stereocenters. The van der Waals surface area contributed by atoms with Gasteiger partial charge in [-0.3, -0.25) is 4.40 Å². The highest BCUT2D eigenvalue weighted by Gasteiger charge is 2.12. The molecule has 0 aliphatic carbocycles. The molecule has 26 heavy (non-hydrogen) atoms. The highest BCUT2D eigenvalue weighted by molar-refractivity contribution is 7.99. The van der Waals surface area contributed by atoms with Crippen LogP contribution in [0.5, 0.6) is 0 Å². The van der Waals surface area contributed by atoms with Gasteiger partial charge in [0.25, 0.3) is 0 Å². The average molecular weight is 357 g/mol. The van der Waals surface area contributed by atoms with Crippen LogP contribution in [0, 0.1) is 11.3 Å². The minimum absolute atomic E-state index is 0.626. The van der Waals surface area contributed by atoms with Crippen molar-refractivity contribution in [3.05, 3.63) is 78.1 Å². The van der Waals surface area contributed by atoms with Crippen molar-refractivity contribution < 1.29 is 0 Å². The summed E-state index contributed by atoms with van der Waals surface area (Å²) in [6, 6.07) is 19.9. The molecular formula is C20H15N5S. The number of thioether (sulfide) groups is 1. The first-order valence-electron chi connectivity index (χ1n) is 8.22. The van der Waals surface area contributed by atoms with Gasteiger partial charge in [-0.15, -0.1) is 22.0 Å². The number of nitrogens with zero attached hydrogens (tertiary/aromatic N) is 5. The zero-order valence-electron chi connectivity index (χ0n) is 13.9. The van der Waals surface area contributed by atoms with Gasteiger partial charge in [0.15, 0.2) is 11.5 Å². The van der Waals surface area contributed by atoms with Gasteiger partial charge in [0, 0.05) is 23.7 Å². The molecule has 0 N–H and O–H groups in total. The maximum atomic E-state index is 8.94. The Balaban J connectivity index is 1.57. The van der Waals surface area contributed by atoms with Crippen molar-refractivity contribution in [2.75, 3.05) is 5.75 Å². The zero-order chi connectivity index (χ0) is 17.8. The number of nitriles is 1. The number of benzene rings is 2. The second-order valence-electron chi connectivity index (χ2n) is 5.72. The first-order valence-corrected chi connectivity index (χ1v) is 9.21. The smallest absolute Gasteiger partial charge is 0.193 e. The predicted molar refractivity (Wildman–Crippen MR) is 102 cm³/mol. The second kappa shape index (κ2) is 7.38. The van der Waals surface area contributed by atoms with E-state index in [4.69, 9.17) is 5.26 Å². The predicted octanol–water partition coefficient (Wildman–Crippen LogP) is 4.00. The second-order valence-corrected chi connectivity index (χ2v) is 6.81. The van der Waals surface area contributed by atoms with E-state index in [1.807, 2.05) is 28.8 Å². The lowest BCUT2D eigenvalue weighted by molar-refractivity contribution is 1.03. The Morgan fingerprint density at radius 2 is 1.81 bits per heavy atom. The van der Waals surface area contributed by atoms with Crippen LogP contribution in [-0.2, 0) is 6.42 Å². The van der Waals surface area contributed by atoms with Crippen LogP contribution in [0.4, 0.5) is 0 Å². The molecule has 2 aromatic carbocycles. The lowest BCUT2D eigenvalue weighted by Crippen LogP contribution is -1.94. The summed E-state index contributed by atoms with van der Waals surface area (Å²) in [5.74, 6) is 1.67. The Labute approximate surface area is 155 Å². The molecule has 0 amide bonds. The fourth-order valence-electron chi connectivity index (χ4n) is 2.71. The van der Waals surface area contributed by atoms with Gasteiger partial charge < -0.3 is 0 Å². The molecule has 0 fully saturated rings. The number of fused-ring (bicyclic) bond motifs is 1. The van der Waals surface area contributed by atoms with Gasteiger partial charge >= 0.3 is 0 Å². The molecule has 0 atom stereocenters. The van der Waals surface area contributed by atoms with Crippen molar-refractivity contribution in [2.45, 2.75) is 11.4 Å². The summed E-state index contributed by atoms with van der Waals surface area (Å²) in [7, 11) is 0. The van der Waals surface area contributed by atoms with E-state index < -0.39 is 0 Å². The molecule has 0 aliphatic rings. The summed E-state index contributed by atoms with van der Waals surface area (Å²) in [5, 5.41) is 18.5. The van der Waals surface area contributed by atoms with Crippen molar-refractivity contribution >= 4 is 17.4 Å². The highest BCUT2D eigenvalue weighted by Crippen LogP contribution is 2.25. The first kappa shape index (κ1) is 16.3. The van der Waals surface area contributed by atoms with E-state index in [-0.39, 0.29) is 0 Å². The fraction of sp³-hybridized carbons (Fsp3) is 0.100. The molecule has 0 radical (unpaired) electrons. The van der Waals surface area contributed by atoms with Gasteiger partial charge in [-0.05, 0) is 36.2 Å². The molecule has 0 spiro atoms. The third kappa shape index (κ3) is 3.30. The number of hydrogen-bond acceptors (Lipinski definition) is 5. The van der Waals surface area contributed by atoms with Crippen LogP contribution in [0.25, 0.3) is 17.0 Å². The van der Waals surface area contributed by atoms with E-state index in [2.05, 4.69) is 45.5 Å². The summed E-state index contributed by atoms with van der Waals surface area (Å²) in [5.41, 5.74) is 3.61. The summed E-state index contributed by atoms with van der Waals surface area (Å²) in [4.78, 5) is 4.47. The molecule has 0 bridgehead atoms. The summed E-state index contributed by atoms with van der Waals surface area (Å²) in [6.07, 6.45) is 4.61. The maximum absolute atomic E-state index is 8.94. The molecule has 2 aromatic heterocycles. The Kier molecular flexibility index (Phi) is 4.63. The Hall–Kier alpha value is -3.17. The summed E-state index contributed by atoms with van der Waals surface area (Å²) >= 11 is 1.68. The molecule has 2 heterocycles. The van der Waals surface area contributed by atoms with Crippen LogP contribution in [-0.4, -0.2) is 25.3 Å². The molecule has 6 heteroatoms. The molecule has 0 aliphatic heterocycles. The number of aryl methyl sites for hydroxylation is 1. The third-order valence-corrected chi connectivity index (χ3v) is 5.01. The average Bonchev–Trinajstić information content (AvgIpc) is 3.14. The minimum atomic E-state index is 0.626. The highest BCUT2D eigenvalue weighted by atomic mass is 32.2. The van der Waals surface area contributed by atoms with E-state index in [1.54, 1.807) is 30.1 Å². The maximum Gasteiger partial charge on any atom is 0.193 e. The minimum Gasteiger partial charge on any atom is -0.279 e. The molecule has 4 rings (SSSR count). The Bertz CT molecular complexity index is 1070. The number of aromatic nitrogens is 4. The molecule has 4 aromatic rings. The van der Waals surface area contributed by atoms with Crippen molar-refractivity contribution in [3.8, 4) is 17.5 Å². The standard InChI is InChI=1S/C20H15N5S/c21-14-16-6-8-17(9-7-16)18-23-24-19-20(22-11-12-25(18)19)26-13-10-15-4-2-1-3-5-15/h1-9,11-12H,10,13H2. The zero-order valence-corrected chi connectivity index (χ0v) is 14.7. The van der Waals surface area contributed by atoms with Gasteiger partial charge in [0.05, 0.1) is 11.6 Å². The SMILES string of the molecule is N#Cc1ccc(-c2nnc3c(SCCc4ccccc4)nccn23)cc1. The largest absolute Gasteiger partial charge is 0.279 e. The quantitative estimate of drug-likeness (QED) is 0.505. The molecule has 126 valence electrons. The molecular weight excluding hydrogens is 342 g/mol. The lowest BCUT2D eigenvalue weighted by atomic mass is 10.1. The van der Waals surface area contributed by atoms with Crippen LogP contribution in [0.2, 0.25) is 0 Å². The van der Waals surface area contributed by atoms with E-state index in [9.17, 15) is 0 Å². The molecule has 5 nitrogen and oxygen atoms in total. The molecule has 0 saturated carbocycles. The van der Waals surface area contributed by atoms with Gasteiger partial charge in [0.1, 0.15) is 5.03 Å². The van der Waals surface area contributed by atoms with Gasteiger partial charge in [-0.25, -0.2) is 4.98 Å². The van der Waals surface area contributed by atoms with Crippen LogP contribution >= 0.6 is 11.8 Å². The number of hydrogen-bond donors (Lipinski definition) is 0. The van der Waals surface area contributed by atoms with Crippen molar-refractivity contribution in [2.24, 2.45) is 0 Å². The van der Waals surface area contributed by atoms with Crippen molar-refractivity contribution in [1.82, 2.24) is 19.6 Å². The molecule has 0 saturated heterocycles. The van der Waals surface area contributed by atoms with E-state index in [0.717, 1.165) is 34.2 Å². The normalized spacial score (nSPS) is 10.7. The fourth-order valence-corrected chi connectivity index (χ4v) is 3.64. The lowest BCUT2D eigenvalue weighted by Gasteiger charge is -2.04. The van der Waals surface area contributed by atoms with Crippen molar-refractivity contribution in [3.63, 3.8) is 0 Å². The van der Waals surface area contributed by atoms with E-state index >= 15 is 0 Å².